The zero-order chi connectivity index (χ0) is 14.6. The molecular weight excluding hydrogens is 270 g/mol. The molecular formula is C11H17N3O4S. The lowest BCUT2D eigenvalue weighted by atomic mass is 10.1. The van der Waals surface area contributed by atoms with Gasteiger partial charge in [0.1, 0.15) is 0 Å². The number of nitro groups is 1. The van der Waals surface area contributed by atoms with Gasteiger partial charge in [0.05, 0.1) is 29.3 Å². The Kier molecular flexibility index (Phi) is 4.96. The Balaban J connectivity index is 3.13. The van der Waals surface area contributed by atoms with E-state index in [0.29, 0.717) is 11.3 Å². The van der Waals surface area contributed by atoms with Crippen molar-refractivity contribution in [3.8, 4) is 0 Å². The summed E-state index contributed by atoms with van der Waals surface area (Å²) in [7, 11) is 0. The maximum atomic E-state index is 10.8. The van der Waals surface area contributed by atoms with Gasteiger partial charge in [0.2, 0.25) is 0 Å². The first-order valence-corrected chi connectivity index (χ1v) is 6.95. The van der Waals surface area contributed by atoms with E-state index in [1.165, 1.54) is 30.9 Å². The molecule has 0 aromatic carbocycles. The first-order chi connectivity index (χ1) is 8.76. The Morgan fingerprint density at radius 2 is 2.26 bits per heavy atom. The van der Waals surface area contributed by atoms with E-state index in [2.05, 4.69) is 4.99 Å². The Morgan fingerprint density at radius 3 is 2.79 bits per heavy atom. The molecule has 0 saturated carbocycles. The fourth-order valence-corrected chi connectivity index (χ4v) is 2.25. The Hall–Kier alpha value is -1.54. The Morgan fingerprint density at radius 1 is 1.63 bits per heavy atom. The minimum Gasteiger partial charge on any atom is -0.427 e. The highest BCUT2D eigenvalue weighted by atomic mass is 32.2. The summed E-state index contributed by atoms with van der Waals surface area (Å²) < 4.78 is 0.720. The van der Waals surface area contributed by atoms with Crippen molar-refractivity contribution in [2.75, 3.05) is 18.6 Å². The standard InChI is InChI=1S/C11H17N3O4S/c1-8-5-13(16)10(4-9(8)14(17)18)12-6-11(2,15)7-19-3/h4-5,15-16H,6-7H2,1-3H3. The summed E-state index contributed by atoms with van der Waals surface area (Å²) in [5, 5.41) is 30.4. The van der Waals surface area contributed by atoms with E-state index < -0.39 is 10.5 Å². The van der Waals surface area contributed by atoms with Gasteiger partial charge >= 0.3 is 0 Å². The van der Waals surface area contributed by atoms with E-state index in [4.69, 9.17) is 0 Å². The second kappa shape index (κ2) is 6.07. The van der Waals surface area contributed by atoms with Crippen LogP contribution in [0.5, 0.6) is 0 Å². The molecule has 106 valence electrons. The van der Waals surface area contributed by atoms with Crippen LogP contribution >= 0.6 is 11.8 Å². The maximum absolute atomic E-state index is 10.8. The number of rotatable bonds is 5. The van der Waals surface area contributed by atoms with E-state index in [0.717, 1.165) is 4.73 Å². The number of hydrogen-bond donors (Lipinski definition) is 2. The van der Waals surface area contributed by atoms with Crippen LogP contribution in [-0.4, -0.2) is 44.1 Å². The summed E-state index contributed by atoms with van der Waals surface area (Å²) in [6, 6.07) is 1.19. The third-order valence-corrected chi connectivity index (χ3v) is 3.36. The first kappa shape index (κ1) is 15.5. The smallest absolute Gasteiger partial charge is 0.277 e. The molecule has 7 nitrogen and oxygen atoms in total. The van der Waals surface area contributed by atoms with Gasteiger partial charge in [-0.05, 0) is 20.1 Å². The maximum Gasteiger partial charge on any atom is 0.277 e. The molecule has 0 saturated heterocycles. The summed E-state index contributed by atoms with van der Waals surface area (Å²) in [4.78, 5) is 14.3. The fraction of sp³-hybridized carbons (Fsp3) is 0.545. The van der Waals surface area contributed by atoms with Crippen molar-refractivity contribution in [2.24, 2.45) is 4.99 Å². The highest BCUT2D eigenvalue weighted by Crippen LogP contribution is 2.14. The summed E-state index contributed by atoms with van der Waals surface area (Å²) in [5.74, 6) is 0.482. The summed E-state index contributed by atoms with van der Waals surface area (Å²) >= 11 is 1.47. The van der Waals surface area contributed by atoms with Gasteiger partial charge in [-0.2, -0.15) is 16.5 Å². The number of pyridine rings is 1. The zero-order valence-electron chi connectivity index (χ0n) is 11.0. The van der Waals surface area contributed by atoms with Crippen LogP contribution in [0, 0.1) is 17.0 Å². The number of aromatic nitrogens is 1. The largest absolute Gasteiger partial charge is 0.427 e. The van der Waals surface area contributed by atoms with Crippen LogP contribution in [0.25, 0.3) is 0 Å². The molecule has 0 bridgehead atoms. The fourth-order valence-electron chi connectivity index (χ4n) is 1.54. The van der Waals surface area contributed by atoms with Crippen LogP contribution in [0.2, 0.25) is 0 Å². The van der Waals surface area contributed by atoms with E-state index in [1.54, 1.807) is 6.92 Å². The molecule has 0 fully saturated rings. The highest BCUT2D eigenvalue weighted by molar-refractivity contribution is 7.98. The second-order valence-corrected chi connectivity index (χ2v) is 5.41. The molecule has 1 aromatic heterocycles. The number of hydrogen-bond acceptors (Lipinski definition) is 6. The number of thioether (sulfide) groups is 1. The number of nitrogens with zero attached hydrogens (tertiary/aromatic N) is 3. The topological polar surface area (TPSA) is 101 Å². The van der Waals surface area contributed by atoms with Gasteiger partial charge in [-0.25, -0.2) is 0 Å². The van der Waals surface area contributed by atoms with Gasteiger partial charge in [0, 0.05) is 11.3 Å². The predicted octanol–water partition coefficient (Wildman–Crippen LogP) is 0.957. The third kappa shape index (κ3) is 4.25. The van der Waals surface area contributed by atoms with Crippen LogP contribution in [0.4, 0.5) is 5.69 Å². The van der Waals surface area contributed by atoms with Gasteiger partial charge < -0.3 is 10.3 Å². The lowest BCUT2D eigenvalue weighted by molar-refractivity contribution is -0.385. The van der Waals surface area contributed by atoms with Gasteiger partial charge in [-0.3, -0.25) is 15.1 Å². The minimum atomic E-state index is -1.02. The molecule has 0 aliphatic carbocycles. The van der Waals surface area contributed by atoms with Crippen molar-refractivity contribution >= 4 is 17.4 Å². The molecule has 0 amide bonds. The monoisotopic (exact) mass is 287 g/mol. The molecule has 0 aliphatic rings. The van der Waals surface area contributed by atoms with Crippen LogP contribution in [0.15, 0.2) is 17.3 Å². The molecule has 1 unspecified atom stereocenters. The molecule has 0 aliphatic heterocycles. The average molecular weight is 287 g/mol. The van der Waals surface area contributed by atoms with Crippen LogP contribution in [-0.2, 0) is 0 Å². The summed E-state index contributed by atoms with van der Waals surface area (Å²) in [6.45, 7) is 3.20. The van der Waals surface area contributed by atoms with Gasteiger partial charge in [0.25, 0.3) is 5.69 Å². The lowest BCUT2D eigenvalue weighted by Gasteiger charge is -2.19. The molecule has 0 radical (unpaired) electrons. The third-order valence-electron chi connectivity index (χ3n) is 2.45. The van der Waals surface area contributed by atoms with Gasteiger partial charge in [-0.15, -0.1) is 0 Å². The van der Waals surface area contributed by atoms with Crippen LogP contribution in [0.3, 0.4) is 0 Å². The van der Waals surface area contributed by atoms with Gasteiger partial charge in [-0.1, -0.05) is 0 Å². The van der Waals surface area contributed by atoms with E-state index in [-0.39, 0.29) is 17.7 Å². The quantitative estimate of drug-likeness (QED) is 0.477. The van der Waals surface area contributed by atoms with Crippen molar-refractivity contribution in [3.63, 3.8) is 0 Å². The molecule has 8 heteroatoms. The van der Waals surface area contributed by atoms with Crippen molar-refractivity contribution in [1.29, 1.82) is 0 Å². The zero-order valence-corrected chi connectivity index (χ0v) is 11.8. The van der Waals surface area contributed by atoms with Crippen LogP contribution in [0.1, 0.15) is 12.5 Å². The molecule has 0 spiro atoms. The van der Waals surface area contributed by atoms with Crippen LogP contribution < -0.4 is 5.49 Å². The summed E-state index contributed by atoms with van der Waals surface area (Å²) in [5.41, 5.74) is -0.763. The molecule has 2 N–H and O–H groups in total. The van der Waals surface area contributed by atoms with E-state index in [9.17, 15) is 20.4 Å². The average Bonchev–Trinajstić information content (AvgIpc) is 2.27. The Bertz CT molecular complexity index is 539. The molecule has 1 heterocycles. The SMILES string of the molecule is CSCC(C)(O)CN=c1cc([N+](=O)[O-])c(C)cn1O. The molecule has 1 atom stereocenters. The van der Waals surface area contributed by atoms with E-state index in [1.807, 2.05) is 6.26 Å². The Labute approximate surface area is 114 Å². The van der Waals surface area contributed by atoms with Crippen molar-refractivity contribution in [2.45, 2.75) is 19.4 Å². The molecule has 19 heavy (non-hydrogen) atoms. The van der Waals surface area contributed by atoms with Crippen molar-refractivity contribution in [1.82, 2.24) is 4.73 Å². The predicted molar refractivity (Wildman–Crippen MR) is 72.4 cm³/mol. The lowest BCUT2D eigenvalue weighted by Crippen LogP contribution is -2.33. The highest BCUT2D eigenvalue weighted by Gasteiger charge is 2.19. The number of aliphatic hydroxyl groups is 1. The van der Waals surface area contributed by atoms with Gasteiger partial charge in [0.15, 0.2) is 5.49 Å². The first-order valence-electron chi connectivity index (χ1n) is 5.55. The molecule has 1 rings (SSSR count). The summed E-state index contributed by atoms with van der Waals surface area (Å²) in [6.07, 6.45) is 3.08. The van der Waals surface area contributed by atoms with Crippen molar-refractivity contribution in [3.05, 3.63) is 33.4 Å². The number of aryl methyl sites for hydroxylation is 1. The van der Waals surface area contributed by atoms with E-state index >= 15 is 0 Å². The van der Waals surface area contributed by atoms with Crippen molar-refractivity contribution < 1.29 is 15.2 Å². The molecule has 1 aromatic rings. The minimum absolute atomic E-state index is 0.0404. The second-order valence-electron chi connectivity index (χ2n) is 4.55. The normalized spacial score (nSPS) is 15.3.